The average Bonchev–Trinajstić information content (AvgIpc) is 2.26. The highest BCUT2D eigenvalue weighted by Crippen LogP contribution is 2.16. The molecule has 1 aromatic carbocycles. The topological polar surface area (TPSA) is 83.5 Å². The molecule has 0 bridgehead atoms. The van der Waals surface area contributed by atoms with Crippen LogP contribution < -0.4 is 4.72 Å². The highest BCUT2D eigenvalue weighted by Gasteiger charge is 2.15. The van der Waals surface area contributed by atoms with Crippen LogP contribution in [0.25, 0.3) is 0 Å². The number of benzene rings is 1. The molecule has 0 aromatic heterocycles. The van der Waals surface area contributed by atoms with E-state index in [9.17, 15) is 13.2 Å². The van der Waals surface area contributed by atoms with E-state index in [1.165, 1.54) is 18.2 Å². The number of carbonyl (C=O) groups is 1. The molecule has 0 atom stereocenters. The first kappa shape index (κ1) is 13.8. The van der Waals surface area contributed by atoms with E-state index in [0.717, 1.165) is 0 Å². The van der Waals surface area contributed by atoms with E-state index < -0.39 is 16.0 Å². The first-order chi connectivity index (χ1) is 7.96. The zero-order valence-electron chi connectivity index (χ0n) is 8.89. The number of para-hydroxylation sites is 1. The average molecular weight is 278 g/mol. The SMILES string of the molecule is O=C(O)c1ccccc1NS(=O)(=O)CCCCl. The van der Waals surface area contributed by atoms with Gasteiger partial charge in [-0.3, -0.25) is 4.72 Å². The number of halogens is 1. The summed E-state index contributed by atoms with van der Waals surface area (Å²) in [7, 11) is -3.55. The van der Waals surface area contributed by atoms with Crippen molar-refractivity contribution in [1.82, 2.24) is 0 Å². The van der Waals surface area contributed by atoms with Crippen LogP contribution in [0.15, 0.2) is 24.3 Å². The molecule has 0 heterocycles. The molecule has 0 saturated carbocycles. The highest BCUT2D eigenvalue weighted by molar-refractivity contribution is 7.92. The predicted octanol–water partition coefficient (Wildman–Crippen LogP) is 1.76. The van der Waals surface area contributed by atoms with Crippen LogP contribution in [0.1, 0.15) is 16.8 Å². The number of anilines is 1. The van der Waals surface area contributed by atoms with Crippen molar-refractivity contribution < 1.29 is 18.3 Å². The van der Waals surface area contributed by atoms with Crippen molar-refractivity contribution in [3.63, 3.8) is 0 Å². The quantitative estimate of drug-likeness (QED) is 0.776. The van der Waals surface area contributed by atoms with Gasteiger partial charge < -0.3 is 5.11 Å². The summed E-state index contributed by atoms with van der Waals surface area (Å²) >= 11 is 5.41. The number of sulfonamides is 1. The number of aromatic carboxylic acids is 1. The summed E-state index contributed by atoms with van der Waals surface area (Å²) in [5.41, 5.74) is -0.0171. The van der Waals surface area contributed by atoms with Crippen LogP contribution in [-0.4, -0.2) is 31.1 Å². The Morgan fingerprint density at radius 1 is 1.35 bits per heavy atom. The van der Waals surface area contributed by atoms with Crippen LogP contribution in [-0.2, 0) is 10.0 Å². The third kappa shape index (κ3) is 4.24. The van der Waals surface area contributed by atoms with Gasteiger partial charge in [0.25, 0.3) is 0 Å². The van der Waals surface area contributed by atoms with E-state index in [-0.39, 0.29) is 22.9 Å². The zero-order valence-corrected chi connectivity index (χ0v) is 10.5. The number of carboxylic acids is 1. The van der Waals surface area contributed by atoms with Gasteiger partial charge in [0.15, 0.2) is 0 Å². The molecule has 0 radical (unpaired) electrons. The Kier molecular flexibility index (Phi) is 4.77. The number of alkyl halides is 1. The number of nitrogens with one attached hydrogen (secondary N) is 1. The van der Waals surface area contributed by atoms with E-state index >= 15 is 0 Å². The first-order valence-electron chi connectivity index (χ1n) is 4.85. The lowest BCUT2D eigenvalue weighted by Gasteiger charge is -2.09. The van der Waals surface area contributed by atoms with Crippen molar-refractivity contribution in [2.75, 3.05) is 16.4 Å². The number of hydrogen-bond acceptors (Lipinski definition) is 3. The van der Waals surface area contributed by atoms with Gasteiger partial charge in [-0.05, 0) is 18.6 Å². The minimum atomic E-state index is -3.55. The highest BCUT2D eigenvalue weighted by atomic mass is 35.5. The molecule has 0 spiro atoms. The molecule has 1 rings (SSSR count). The lowest BCUT2D eigenvalue weighted by atomic mass is 10.2. The maximum atomic E-state index is 11.6. The molecule has 0 amide bonds. The second-order valence-corrected chi connectivity index (χ2v) is 5.53. The molecule has 94 valence electrons. The largest absolute Gasteiger partial charge is 0.478 e. The van der Waals surface area contributed by atoms with Crippen molar-refractivity contribution in [3.8, 4) is 0 Å². The molecule has 0 unspecified atom stereocenters. The zero-order chi connectivity index (χ0) is 12.9. The summed E-state index contributed by atoms with van der Waals surface area (Å²) in [5, 5.41) is 8.88. The molecule has 0 aliphatic carbocycles. The Hall–Kier alpha value is -1.27. The number of rotatable bonds is 6. The Labute approximate surface area is 104 Å². The molecule has 17 heavy (non-hydrogen) atoms. The van der Waals surface area contributed by atoms with Crippen LogP contribution in [0.3, 0.4) is 0 Å². The molecular formula is C10H12ClNO4S. The molecular weight excluding hydrogens is 266 g/mol. The van der Waals surface area contributed by atoms with Crippen LogP contribution >= 0.6 is 11.6 Å². The van der Waals surface area contributed by atoms with Gasteiger partial charge in [-0.15, -0.1) is 11.6 Å². The van der Waals surface area contributed by atoms with Crippen LogP contribution in [0.4, 0.5) is 5.69 Å². The van der Waals surface area contributed by atoms with Crippen LogP contribution in [0, 0.1) is 0 Å². The minimum Gasteiger partial charge on any atom is -0.478 e. The molecule has 0 aliphatic rings. The summed E-state index contributed by atoms with van der Waals surface area (Å²) in [4.78, 5) is 10.9. The minimum absolute atomic E-state index is 0.0644. The predicted molar refractivity (Wildman–Crippen MR) is 66.1 cm³/mol. The molecule has 0 saturated heterocycles. The second-order valence-electron chi connectivity index (χ2n) is 3.31. The van der Waals surface area contributed by atoms with Gasteiger partial charge in [-0.2, -0.15) is 0 Å². The van der Waals surface area contributed by atoms with Gasteiger partial charge in [-0.1, -0.05) is 12.1 Å². The molecule has 2 N–H and O–H groups in total. The van der Waals surface area contributed by atoms with Crippen molar-refractivity contribution in [3.05, 3.63) is 29.8 Å². The van der Waals surface area contributed by atoms with Gasteiger partial charge in [0.2, 0.25) is 10.0 Å². The third-order valence-electron chi connectivity index (χ3n) is 1.97. The van der Waals surface area contributed by atoms with Crippen molar-refractivity contribution in [2.24, 2.45) is 0 Å². The Morgan fingerprint density at radius 3 is 2.59 bits per heavy atom. The number of carboxylic acid groups (broad SMARTS) is 1. The van der Waals surface area contributed by atoms with E-state index in [4.69, 9.17) is 16.7 Å². The van der Waals surface area contributed by atoms with Crippen molar-refractivity contribution in [2.45, 2.75) is 6.42 Å². The van der Waals surface area contributed by atoms with Crippen molar-refractivity contribution in [1.29, 1.82) is 0 Å². The maximum Gasteiger partial charge on any atom is 0.337 e. The van der Waals surface area contributed by atoms with E-state index in [2.05, 4.69) is 4.72 Å². The van der Waals surface area contributed by atoms with Crippen LogP contribution in [0.5, 0.6) is 0 Å². The number of hydrogen-bond donors (Lipinski definition) is 2. The van der Waals surface area contributed by atoms with Crippen molar-refractivity contribution >= 4 is 33.3 Å². The smallest absolute Gasteiger partial charge is 0.337 e. The summed E-state index contributed by atoms with van der Waals surface area (Å²) in [5.74, 6) is -1.08. The Balaban J connectivity index is 2.92. The van der Waals surface area contributed by atoms with Crippen LogP contribution in [0.2, 0.25) is 0 Å². The fraction of sp³-hybridized carbons (Fsp3) is 0.300. The van der Waals surface area contributed by atoms with E-state index in [0.29, 0.717) is 6.42 Å². The van der Waals surface area contributed by atoms with Gasteiger partial charge >= 0.3 is 5.97 Å². The summed E-state index contributed by atoms with van der Waals surface area (Å²) < 4.78 is 25.4. The Bertz CT molecular complexity index is 501. The fourth-order valence-corrected chi connectivity index (χ4v) is 2.65. The monoisotopic (exact) mass is 277 g/mol. The summed E-state index contributed by atoms with van der Waals surface area (Å²) in [6.07, 6.45) is 0.312. The third-order valence-corrected chi connectivity index (χ3v) is 3.59. The second kappa shape index (κ2) is 5.88. The fourth-order valence-electron chi connectivity index (χ4n) is 1.22. The molecule has 0 fully saturated rings. The lowest BCUT2D eigenvalue weighted by Crippen LogP contribution is -2.18. The Morgan fingerprint density at radius 2 is 2.00 bits per heavy atom. The molecule has 0 aliphatic heterocycles. The lowest BCUT2D eigenvalue weighted by molar-refractivity contribution is 0.0698. The van der Waals surface area contributed by atoms with Gasteiger partial charge in [0, 0.05) is 5.88 Å². The summed E-state index contributed by atoms with van der Waals surface area (Å²) in [6.45, 7) is 0. The van der Waals surface area contributed by atoms with E-state index in [1.807, 2.05) is 0 Å². The van der Waals surface area contributed by atoms with Gasteiger partial charge in [-0.25, -0.2) is 13.2 Å². The van der Waals surface area contributed by atoms with Gasteiger partial charge in [0.05, 0.1) is 17.0 Å². The normalized spacial score (nSPS) is 11.1. The van der Waals surface area contributed by atoms with Gasteiger partial charge in [0.1, 0.15) is 0 Å². The maximum absolute atomic E-state index is 11.6. The van der Waals surface area contributed by atoms with E-state index in [1.54, 1.807) is 6.07 Å². The summed E-state index contributed by atoms with van der Waals surface area (Å²) in [6, 6.07) is 5.83. The molecule has 1 aromatic rings. The molecule has 5 nitrogen and oxygen atoms in total. The first-order valence-corrected chi connectivity index (χ1v) is 7.04. The molecule has 7 heteroatoms. The standard InChI is InChI=1S/C10H12ClNO4S/c11-6-3-7-17(15,16)12-9-5-2-1-4-8(9)10(13)14/h1-2,4-5,12H,3,6-7H2,(H,13,14).